The number of carbonyl (C=O) groups is 1. The molecule has 0 bridgehead atoms. The number of nitrogens with one attached hydrogen (secondary N) is 1. The van der Waals surface area contributed by atoms with Gasteiger partial charge in [0.15, 0.2) is 0 Å². The van der Waals surface area contributed by atoms with Gasteiger partial charge in [-0.25, -0.2) is 0 Å². The molecule has 0 aliphatic rings. The van der Waals surface area contributed by atoms with Gasteiger partial charge in [0, 0.05) is 18.2 Å². The molecule has 1 unspecified atom stereocenters. The molecule has 0 fully saturated rings. The van der Waals surface area contributed by atoms with E-state index in [1.54, 1.807) is 13.0 Å². The molecule has 0 radical (unpaired) electrons. The van der Waals surface area contributed by atoms with Crippen LogP contribution in [0.25, 0.3) is 0 Å². The zero-order valence-electron chi connectivity index (χ0n) is 11.0. The van der Waals surface area contributed by atoms with Crippen molar-refractivity contribution < 1.29 is 14.8 Å². The minimum absolute atomic E-state index is 0.0325. The molecule has 1 atom stereocenters. The molecule has 104 valence electrons. The molecule has 6 nitrogen and oxygen atoms in total. The molecule has 1 amide bonds. The topological polar surface area (TPSA) is 92.5 Å². The normalized spacial score (nSPS) is 13.6. The molecular formula is C13H18N2O4. The highest BCUT2D eigenvalue weighted by atomic mass is 16.6. The molecule has 0 spiro atoms. The van der Waals surface area contributed by atoms with Crippen LogP contribution in [0, 0.1) is 10.1 Å². The van der Waals surface area contributed by atoms with E-state index in [0.29, 0.717) is 12.8 Å². The highest BCUT2D eigenvalue weighted by molar-refractivity contribution is 5.98. The van der Waals surface area contributed by atoms with Crippen LogP contribution >= 0.6 is 0 Å². The first-order chi connectivity index (χ1) is 8.93. The summed E-state index contributed by atoms with van der Waals surface area (Å²) < 4.78 is 0. The SMILES string of the molecule is CCC(C)(CCO)NC(=O)c1ccccc1[N+](=O)[O-]. The molecule has 19 heavy (non-hydrogen) atoms. The predicted octanol–water partition coefficient (Wildman–Crippen LogP) is 1.88. The van der Waals surface area contributed by atoms with Gasteiger partial charge in [-0.1, -0.05) is 19.1 Å². The average molecular weight is 266 g/mol. The molecule has 0 saturated carbocycles. The maximum atomic E-state index is 12.1. The summed E-state index contributed by atoms with van der Waals surface area (Å²) >= 11 is 0. The first-order valence-corrected chi connectivity index (χ1v) is 6.10. The van der Waals surface area contributed by atoms with E-state index >= 15 is 0 Å². The Morgan fingerprint density at radius 2 is 2.11 bits per heavy atom. The fourth-order valence-electron chi connectivity index (χ4n) is 1.74. The first kappa shape index (κ1) is 15.1. The number of aliphatic hydroxyl groups is 1. The van der Waals surface area contributed by atoms with Gasteiger partial charge in [-0.05, 0) is 25.8 Å². The molecule has 1 aromatic rings. The second kappa shape index (κ2) is 6.29. The predicted molar refractivity (Wildman–Crippen MR) is 71.0 cm³/mol. The van der Waals surface area contributed by atoms with Gasteiger partial charge < -0.3 is 10.4 Å². The van der Waals surface area contributed by atoms with E-state index in [4.69, 9.17) is 5.11 Å². The van der Waals surface area contributed by atoms with Crippen molar-refractivity contribution >= 4 is 11.6 Å². The van der Waals surface area contributed by atoms with Crippen molar-refractivity contribution in [3.63, 3.8) is 0 Å². The minimum Gasteiger partial charge on any atom is -0.396 e. The molecule has 1 rings (SSSR count). The van der Waals surface area contributed by atoms with E-state index in [1.165, 1.54) is 18.2 Å². The molecule has 0 aromatic heterocycles. The molecule has 2 N–H and O–H groups in total. The van der Waals surface area contributed by atoms with Crippen molar-refractivity contribution in [3.8, 4) is 0 Å². The minimum atomic E-state index is -0.579. The lowest BCUT2D eigenvalue weighted by Crippen LogP contribution is -2.46. The Labute approximate surface area is 111 Å². The third kappa shape index (κ3) is 3.75. The maximum Gasteiger partial charge on any atom is 0.282 e. The van der Waals surface area contributed by atoms with E-state index in [9.17, 15) is 14.9 Å². The van der Waals surface area contributed by atoms with Gasteiger partial charge in [0.2, 0.25) is 0 Å². The lowest BCUT2D eigenvalue weighted by molar-refractivity contribution is -0.385. The highest BCUT2D eigenvalue weighted by Crippen LogP contribution is 2.20. The summed E-state index contributed by atoms with van der Waals surface area (Å²) in [6.07, 6.45) is 1.02. The fourth-order valence-corrected chi connectivity index (χ4v) is 1.74. The van der Waals surface area contributed by atoms with Crippen LogP contribution < -0.4 is 5.32 Å². The van der Waals surface area contributed by atoms with Crippen LogP contribution in [0.15, 0.2) is 24.3 Å². The number of nitro groups is 1. The highest BCUT2D eigenvalue weighted by Gasteiger charge is 2.27. The number of amides is 1. The van der Waals surface area contributed by atoms with Crippen LogP contribution in [-0.4, -0.2) is 28.1 Å². The zero-order valence-corrected chi connectivity index (χ0v) is 11.0. The van der Waals surface area contributed by atoms with Crippen LogP contribution in [0.1, 0.15) is 37.0 Å². The smallest absolute Gasteiger partial charge is 0.282 e. The molecular weight excluding hydrogens is 248 g/mol. The number of nitro benzene ring substituents is 1. The standard InChI is InChI=1S/C13H18N2O4/c1-3-13(2,8-9-16)14-12(17)10-6-4-5-7-11(10)15(18)19/h4-7,16H,3,8-9H2,1-2H3,(H,14,17). The third-order valence-corrected chi connectivity index (χ3v) is 3.20. The Hall–Kier alpha value is -1.95. The largest absolute Gasteiger partial charge is 0.396 e. The zero-order chi connectivity index (χ0) is 14.5. The van der Waals surface area contributed by atoms with Crippen LogP contribution in [0.2, 0.25) is 0 Å². The molecule has 0 aliphatic carbocycles. The van der Waals surface area contributed by atoms with Crippen molar-refractivity contribution in [1.82, 2.24) is 5.32 Å². The number of rotatable bonds is 6. The molecule has 0 saturated heterocycles. The van der Waals surface area contributed by atoms with Gasteiger partial charge in [-0.15, -0.1) is 0 Å². The summed E-state index contributed by atoms with van der Waals surface area (Å²) in [5.74, 6) is -0.495. The quantitative estimate of drug-likeness (QED) is 0.607. The Balaban J connectivity index is 2.98. The van der Waals surface area contributed by atoms with Crippen molar-refractivity contribution in [2.45, 2.75) is 32.2 Å². The lowest BCUT2D eigenvalue weighted by atomic mass is 9.94. The number of benzene rings is 1. The number of carbonyl (C=O) groups excluding carboxylic acids is 1. The van der Waals surface area contributed by atoms with Gasteiger partial charge in [-0.3, -0.25) is 14.9 Å². The van der Waals surface area contributed by atoms with Crippen molar-refractivity contribution in [2.24, 2.45) is 0 Å². The van der Waals surface area contributed by atoms with Crippen molar-refractivity contribution in [2.75, 3.05) is 6.61 Å². The van der Waals surface area contributed by atoms with Gasteiger partial charge in [-0.2, -0.15) is 0 Å². The number of hydrogen-bond acceptors (Lipinski definition) is 4. The Kier molecular flexibility index (Phi) is 5.00. The van der Waals surface area contributed by atoms with Gasteiger partial charge in [0.25, 0.3) is 11.6 Å². The summed E-state index contributed by atoms with van der Waals surface area (Å²) in [6.45, 7) is 3.63. The fraction of sp³-hybridized carbons (Fsp3) is 0.462. The molecule has 0 heterocycles. The summed E-state index contributed by atoms with van der Waals surface area (Å²) in [6, 6.07) is 5.81. The van der Waals surface area contributed by atoms with Crippen LogP contribution in [0.3, 0.4) is 0 Å². The first-order valence-electron chi connectivity index (χ1n) is 6.10. The maximum absolute atomic E-state index is 12.1. The van der Waals surface area contributed by atoms with Crippen LogP contribution in [0.4, 0.5) is 5.69 Å². The average Bonchev–Trinajstić information content (AvgIpc) is 2.38. The summed E-state index contributed by atoms with van der Waals surface area (Å²) in [7, 11) is 0. The number of nitrogens with zero attached hydrogens (tertiary/aromatic N) is 1. The number of aliphatic hydroxyl groups excluding tert-OH is 1. The van der Waals surface area contributed by atoms with E-state index < -0.39 is 16.4 Å². The molecule has 1 aromatic carbocycles. The van der Waals surface area contributed by atoms with E-state index in [2.05, 4.69) is 5.32 Å². The van der Waals surface area contributed by atoms with Crippen molar-refractivity contribution in [3.05, 3.63) is 39.9 Å². The Bertz CT molecular complexity index is 475. The second-order valence-electron chi connectivity index (χ2n) is 4.62. The van der Waals surface area contributed by atoms with Gasteiger partial charge >= 0.3 is 0 Å². The molecule has 6 heteroatoms. The summed E-state index contributed by atoms with van der Waals surface area (Å²) in [4.78, 5) is 22.4. The van der Waals surface area contributed by atoms with Gasteiger partial charge in [0.1, 0.15) is 5.56 Å². The van der Waals surface area contributed by atoms with E-state index in [0.717, 1.165) is 0 Å². The number of hydrogen-bond donors (Lipinski definition) is 2. The monoisotopic (exact) mass is 266 g/mol. The van der Waals surface area contributed by atoms with Crippen molar-refractivity contribution in [1.29, 1.82) is 0 Å². The Morgan fingerprint density at radius 1 is 1.47 bits per heavy atom. The second-order valence-corrected chi connectivity index (χ2v) is 4.62. The van der Waals surface area contributed by atoms with Gasteiger partial charge in [0.05, 0.1) is 4.92 Å². The Morgan fingerprint density at radius 3 is 2.63 bits per heavy atom. The summed E-state index contributed by atoms with van der Waals surface area (Å²) in [5.41, 5.74) is -0.761. The molecule has 0 aliphatic heterocycles. The van der Waals surface area contributed by atoms with Crippen LogP contribution in [0.5, 0.6) is 0 Å². The van der Waals surface area contributed by atoms with E-state index in [-0.39, 0.29) is 17.9 Å². The van der Waals surface area contributed by atoms with E-state index in [1.807, 2.05) is 6.92 Å². The number of para-hydroxylation sites is 1. The summed E-state index contributed by atoms with van der Waals surface area (Å²) in [5, 5.41) is 22.6. The lowest BCUT2D eigenvalue weighted by Gasteiger charge is -2.28. The van der Waals surface area contributed by atoms with Crippen LogP contribution in [-0.2, 0) is 0 Å². The third-order valence-electron chi connectivity index (χ3n) is 3.20.